The second-order valence-electron chi connectivity index (χ2n) is 8.10. The number of rotatable bonds is 5. The molecule has 0 heterocycles. The van der Waals surface area contributed by atoms with Crippen LogP contribution in [0.5, 0.6) is 11.5 Å². The number of ether oxygens (including phenoxy) is 2. The molecule has 0 saturated heterocycles. The van der Waals surface area contributed by atoms with Crippen molar-refractivity contribution < 1.29 is 14.3 Å². The van der Waals surface area contributed by atoms with E-state index in [4.69, 9.17) is 9.47 Å². The Hall–Kier alpha value is -1.71. The van der Waals surface area contributed by atoms with Crippen molar-refractivity contribution in [3.63, 3.8) is 0 Å². The summed E-state index contributed by atoms with van der Waals surface area (Å²) in [4.78, 5) is 12.8. The number of carbonyl (C=O) groups excluding carboxylic acids is 1. The Morgan fingerprint density at radius 2 is 1.71 bits per heavy atom. The summed E-state index contributed by atoms with van der Waals surface area (Å²) < 4.78 is 10.7. The van der Waals surface area contributed by atoms with E-state index in [0.717, 1.165) is 34.8 Å². The van der Waals surface area contributed by atoms with Gasteiger partial charge in [-0.25, -0.2) is 0 Å². The highest BCUT2D eigenvalue weighted by atomic mass is 16.5. The van der Waals surface area contributed by atoms with Gasteiger partial charge in [0.05, 0.1) is 20.6 Å². The molecular weight excluding hydrogens is 302 g/mol. The molecule has 0 radical (unpaired) electrons. The Morgan fingerprint density at radius 3 is 2.25 bits per heavy atom. The lowest BCUT2D eigenvalue weighted by Gasteiger charge is -2.56. The second kappa shape index (κ2) is 5.98. The zero-order valence-corrected chi connectivity index (χ0v) is 14.6. The molecule has 4 aliphatic carbocycles. The van der Waals surface area contributed by atoms with Crippen molar-refractivity contribution >= 4 is 5.91 Å². The summed E-state index contributed by atoms with van der Waals surface area (Å²) in [7, 11) is 3.28. The molecule has 4 nitrogen and oxygen atoms in total. The van der Waals surface area contributed by atoms with Crippen molar-refractivity contribution in [3.8, 4) is 11.5 Å². The highest BCUT2D eigenvalue weighted by Gasteiger charge is 2.51. The molecule has 4 aliphatic rings. The quantitative estimate of drug-likeness (QED) is 0.901. The predicted molar refractivity (Wildman–Crippen MR) is 92.3 cm³/mol. The largest absolute Gasteiger partial charge is 0.497 e. The maximum atomic E-state index is 12.8. The van der Waals surface area contributed by atoms with E-state index in [2.05, 4.69) is 5.32 Å². The molecule has 130 valence electrons. The molecule has 24 heavy (non-hydrogen) atoms. The van der Waals surface area contributed by atoms with E-state index in [-0.39, 0.29) is 11.4 Å². The molecule has 1 N–H and O–H groups in total. The Bertz CT molecular complexity index is 604. The first-order valence-electron chi connectivity index (χ1n) is 9.11. The van der Waals surface area contributed by atoms with Gasteiger partial charge in [0, 0.05) is 11.1 Å². The van der Waals surface area contributed by atoms with Crippen molar-refractivity contribution in [2.45, 2.75) is 50.5 Å². The molecule has 4 saturated carbocycles. The van der Waals surface area contributed by atoms with Crippen molar-refractivity contribution in [1.82, 2.24) is 5.32 Å². The van der Waals surface area contributed by atoms with Crippen LogP contribution in [0, 0.1) is 17.8 Å². The first-order valence-corrected chi connectivity index (χ1v) is 9.11. The highest BCUT2D eigenvalue weighted by molar-refractivity contribution is 5.80. The van der Waals surface area contributed by atoms with Gasteiger partial charge >= 0.3 is 0 Å². The van der Waals surface area contributed by atoms with Crippen LogP contribution in [0.3, 0.4) is 0 Å². The summed E-state index contributed by atoms with van der Waals surface area (Å²) >= 11 is 0. The topological polar surface area (TPSA) is 47.6 Å². The van der Waals surface area contributed by atoms with Crippen LogP contribution in [-0.2, 0) is 11.2 Å². The molecule has 1 amide bonds. The molecule has 5 rings (SSSR count). The number of nitrogens with one attached hydrogen (secondary N) is 1. The van der Waals surface area contributed by atoms with E-state index in [1.54, 1.807) is 14.2 Å². The second-order valence-corrected chi connectivity index (χ2v) is 8.10. The maximum absolute atomic E-state index is 12.8. The maximum Gasteiger partial charge on any atom is 0.224 e. The van der Waals surface area contributed by atoms with Crippen molar-refractivity contribution in [2.24, 2.45) is 17.8 Å². The van der Waals surface area contributed by atoms with E-state index < -0.39 is 0 Å². The average Bonchev–Trinajstić information content (AvgIpc) is 2.52. The number of methoxy groups -OCH3 is 2. The van der Waals surface area contributed by atoms with Gasteiger partial charge in [0.15, 0.2) is 0 Å². The Kier molecular flexibility index (Phi) is 3.93. The number of benzene rings is 1. The molecule has 0 atom stereocenters. The molecule has 1 aromatic carbocycles. The van der Waals surface area contributed by atoms with Crippen LogP contribution in [-0.4, -0.2) is 25.7 Å². The zero-order chi connectivity index (χ0) is 16.7. The molecule has 0 aliphatic heterocycles. The van der Waals surface area contributed by atoms with Crippen LogP contribution in [0.2, 0.25) is 0 Å². The summed E-state index contributed by atoms with van der Waals surface area (Å²) in [6.45, 7) is 0. The van der Waals surface area contributed by atoms with E-state index in [0.29, 0.717) is 6.42 Å². The molecule has 0 unspecified atom stereocenters. The van der Waals surface area contributed by atoms with Gasteiger partial charge in [-0.1, -0.05) is 0 Å². The molecule has 1 aromatic rings. The third-order valence-corrected chi connectivity index (χ3v) is 6.28. The van der Waals surface area contributed by atoms with Gasteiger partial charge in [-0.3, -0.25) is 4.79 Å². The first-order chi connectivity index (χ1) is 11.6. The predicted octanol–water partition coefficient (Wildman–Crippen LogP) is 3.33. The van der Waals surface area contributed by atoms with Gasteiger partial charge in [-0.2, -0.15) is 0 Å². The van der Waals surface area contributed by atoms with Crippen LogP contribution in [0.15, 0.2) is 18.2 Å². The summed E-state index contributed by atoms with van der Waals surface area (Å²) in [5.41, 5.74) is 0.955. The molecular formula is C20H27NO3. The summed E-state index contributed by atoms with van der Waals surface area (Å²) in [6, 6.07) is 5.63. The summed E-state index contributed by atoms with van der Waals surface area (Å²) in [5.74, 6) is 4.13. The van der Waals surface area contributed by atoms with Gasteiger partial charge in [0.25, 0.3) is 0 Å². The summed E-state index contributed by atoms with van der Waals surface area (Å²) in [5, 5.41) is 3.43. The van der Waals surface area contributed by atoms with Crippen molar-refractivity contribution in [1.29, 1.82) is 0 Å². The lowest BCUT2D eigenvalue weighted by atomic mass is 9.53. The van der Waals surface area contributed by atoms with Gasteiger partial charge in [-0.05, 0) is 74.5 Å². The molecule has 4 heteroatoms. The molecule has 4 bridgehead atoms. The van der Waals surface area contributed by atoms with Crippen LogP contribution in [0.4, 0.5) is 0 Å². The van der Waals surface area contributed by atoms with E-state index in [1.807, 2.05) is 18.2 Å². The fourth-order valence-electron chi connectivity index (χ4n) is 5.80. The van der Waals surface area contributed by atoms with Crippen molar-refractivity contribution in [3.05, 3.63) is 23.8 Å². The smallest absolute Gasteiger partial charge is 0.224 e. The molecule has 0 aromatic heterocycles. The fourth-order valence-corrected chi connectivity index (χ4v) is 5.80. The van der Waals surface area contributed by atoms with E-state index in [1.165, 1.54) is 38.5 Å². The number of hydrogen-bond donors (Lipinski definition) is 1. The van der Waals surface area contributed by atoms with Gasteiger partial charge in [-0.15, -0.1) is 0 Å². The third-order valence-electron chi connectivity index (χ3n) is 6.28. The standard InChI is InChI=1S/C20H27NO3/c1-23-17-3-4-18(24-2)16(8-17)9-19(22)21-20-10-13-5-14(11-20)7-15(6-13)12-20/h3-4,8,13-15H,5-7,9-12H2,1-2H3,(H,21,22). The number of carbonyl (C=O) groups is 1. The fraction of sp³-hybridized carbons (Fsp3) is 0.650. The Balaban J connectivity index is 1.47. The van der Waals surface area contributed by atoms with Crippen LogP contribution in [0.25, 0.3) is 0 Å². The lowest BCUT2D eigenvalue weighted by molar-refractivity contribution is -0.126. The zero-order valence-electron chi connectivity index (χ0n) is 14.6. The third kappa shape index (κ3) is 2.87. The minimum absolute atomic E-state index is 0.0674. The van der Waals surface area contributed by atoms with Gasteiger partial charge < -0.3 is 14.8 Å². The minimum atomic E-state index is 0.0674. The summed E-state index contributed by atoms with van der Waals surface area (Å²) in [6.07, 6.45) is 8.05. The van der Waals surface area contributed by atoms with Crippen LogP contribution < -0.4 is 14.8 Å². The minimum Gasteiger partial charge on any atom is -0.497 e. The Morgan fingerprint density at radius 1 is 1.08 bits per heavy atom. The highest BCUT2D eigenvalue weighted by Crippen LogP contribution is 2.55. The van der Waals surface area contributed by atoms with Gasteiger partial charge in [0.2, 0.25) is 5.91 Å². The number of amides is 1. The molecule has 4 fully saturated rings. The first kappa shape index (κ1) is 15.8. The SMILES string of the molecule is COc1ccc(OC)c(CC(=O)NC23CC4CC(CC(C4)C2)C3)c1. The van der Waals surface area contributed by atoms with Crippen LogP contribution in [0.1, 0.15) is 44.1 Å². The van der Waals surface area contributed by atoms with E-state index in [9.17, 15) is 4.79 Å². The Labute approximate surface area is 143 Å². The van der Waals surface area contributed by atoms with Crippen molar-refractivity contribution in [2.75, 3.05) is 14.2 Å². The number of hydrogen-bond acceptors (Lipinski definition) is 3. The average molecular weight is 329 g/mol. The monoisotopic (exact) mass is 329 g/mol. The normalized spacial score (nSPS) is 33.3. The molecule has 0 spiro atoms. The lowest BCUT2D eigenvalue weighted by Crippen LogP contribution is -2.60. The van der Waals surface area contributed by atoms with E-state index >= 15 is 0 Å². The van der Waals surface area contributed by atoms with Gasteiger partial charge in [0.1, 0.15) is 11.5 Å². The van der Waals surface area contributed by atoms with Crippen LogP contribution >= 0.6 is 0 Å².